The van der Waals surface area contributed by atoms with E-state index in [0.717, 1.165) is 43.2 Å². The van der Waals surface area contributed by atoms with Gasteiger partial charge in [0.1, 0.15) is 0 Å². The summed E-state index contributed by atoms with van der Waals surface area (Å²) in [6.45, 7) is 4.78. The van der Waals surface area contributed by atoms with Crippen molar-refractivity contribution < 1.29 is 9.53 Å². The third kappa shape index (κ3) is 4.11. The predicted molar refractivity (Wildman–Crippen MR) is 87.8 cm³/mol. The summed E-state index contributed by atoms with van der Waals surface area (Å²) in [6.07, 6.45) is 5.37. The number of thiazole rings is 1. The molecule has 3 heterocycles. The number of hydrogen-bond acceptors (Lipinski definition) is 7. The molecule has 0 radical (unpaired) electrons. The molecule has 122 valence electrons. The Labute approximate surface area is 139 Å². The number of aromatic nitrogens is 3. The van der Waals surface area contributed by atoms with Crippen molar-refractivity contribution in [2.75, 3.05) is 19.7 Å². The monoisotopic (exact) mass is 332 g/mol. The van der Waals surface area contributed by atoms with Crippen molar-refractivity contribution in [2.45, 2.75) is 26.3 Å². The molecule has 2 aromatic rings. The zero-order valence-electron chi connectivity index (χ0n) is 13.1. The number of piperidine rings is 1. The minimum atomic E-state index is -0.0751. The second kappa shape index (κ2) is 7.61. The van der Waals surface area contributed by atoms with Gasteiger partial charge in [-0.3, -0.25) is 9.69 Å². The summed E-state index contributed by atoms with van der Waals surface area (Å²) in [5, 5.41) is 2.87. The first-order valence-corrected chi connectivity index (χ1v) is 8.75. The van der Waals surface area contributed by atoms with Crippen LogP contribution in [0.2, 0.25) is 0 Å². The van der Waals surface area contributed by atoms with E-state index in [1.807, 2.05) is 12.3 Å². The first-order valence-electron chi connectivity index (χ1n) is 7.87. The maximum atomic E-state index is 11.9. The van der Waals surface area contributed by atoms with Gasteiger partial charge in [0.15, 0.2) is 10.8 Å². The first-order chi connectivity index (χ1) is 11.3. The van der Waals surface area contributed by atoms with Crippen LogP contribution < -0.4 is 0 Å². The van der Waals surface area contributed by atoms with Gasteiger partial charge in [0.25, 0.3) is 0 Å². The van der Waals surface area contributed by atoms with E-state index in [-0.39, 0.29) is 11.9 Å². The quantitative estimate of drug-likeness (QED) is 0.783. The normalized spacial score (nSPS) is 18.7. The van der Waals surface area contributed by atoms with Gasteiger partial charge in [-0.25, -0.2) is 15.0 Å². The largest absolute Gasteiger partial charge is 0.466 e. The van der Waals surface area contributed by atoms with Crippen molar-refractivity contribution in [3.8, 4) is 10.8 Å². The third-order valence-electron chi connectivity index (χ3n) is 3.82. The molecule has 0 bridgehead atoms. The van der Waals surface area contributed by atoms with Gasteiger partial charge < -0.3 is 4.74 Å². The summed E-state index contributed by atoms with van der Waals surface area (Å²) in [5.74, 6) is 0.569. The highest BCUT2D eigenvalue weighted by atomic mass is 32.1. The van der Waals surface area contributed by atoms with Crippen LogP contribution in [0, 0.1) is 5.92 Å². The van der Waals surface area contributed by atoms with Crippen molar-refractivity contribution in [3.05, 3.63) is 29.5 Å². The third-order valence-corrected chi connectivity index (χ3v) is 4.71. The van der Waals surface area contributed by atoms with E-state index in [0.29, 0.717) is 12.4 Å². The molecule has 0 N–H and O–H groups in total. The Kier molecular flexibility index (Phi) is 5.30. The standard InChI is InChI=1S/C16H20N4O2S/c1-2-22-16(21)12-5-3-8-20(9-12)10-13-11-23-15(19-13)14-17-6-4-7-18-14/h4,6-7,11-12H,2-3,5,8-10H2,1H3/t12-/m0/s1. The summed E-state index contributed by atoms with van der Waals surface area (Å²) >= 11 is 1.55. The fraction of sp³-hybridized carbons (Fsp3) is 0.500. The zero-order chi connectivity index (χ0) is 16.1. The fourth-order valence-electron chi connectivity index (χ4n) is 2.77. The van der Waals surface area contributed by atoms with Gasteiger partial charge in [-0.15, -0.1) is 11.3 Å². The molecule has 2 aromatic heterocycles. The van der Waals surface area contributed by atoms with Crippen LogP contribution in [-0.2, 0) is 16.1 Å². The Bertz CT molecular complexity index is 647. The van der Waals surface area contributed by atoms with Crippen molar-refractivity contribution in [1.82, 2.24) is 19.9 Å². The Morgan fingerprint density at radius 3 is 3.04 bits per heavy atom. The van der Waals surface area contributed by atoms with Gasteiger partial charge in [0.05, 0.1) is 18.2 Å². The molecule has 1 atom stereocenters. The van der Waals surface area contributed by atoms with Crippen molar-refractivity contribution in [2.24, 2.45) is 5.92 Å². The highest BCUT2D eigenvalue weighted by molar-refractivity contribution is 7.13. The van der Waals surface area contributed by atoms with Crippen LogP contribution in [0.4, 0.5) is 0 Å². The molecule has 23 heavy (non-hydrogen) atoms. The Hall–Kier alpha value is -1.86. The molecule has 0 amide bonds. The topological polar surface area (TPSA) is 68.2 Å². The van der Waals surface area contributed by atoms with Gasteiger partial charge in [0.2, 0.25) is 0 Å². The smallest absolute Gasteiger partial charge is 0.310 e. The van der Waals surface area contributed by atoms with Crippen LogP contribution in [0.25, 0.3) is 10.8 Å². The molecular weight excluding hydrogens is 312 g/mol. The summed E-state index contributed by atoms with van der Waals surface area (Å²) in [7, 11) is 0. The lowest BCUT2D eigenvalue weighted by atomic mass is 9.98. The van der Waals surface area contributed by atoms with Gasteiger partial charge >= 0.3 is 5.97 Å². The molecule has 0 spiro atoms. The number of carbonyl (C=O) groups excluding carboxylic acids is 1. The Morgan fingerprint density at radius 2 is 2.26 bits per heavy atom. The first kappa shape index (κ1) is 16.0. The number of esters is 1. The van der Waals surface area contributed by atoms with Crippen LogP contribution in [0.1, 0.15) is 25.5 Å². The molecule has 0 aromatic carbocycles. The maximum absolute atomic E-state index is 11.9. The molecule has 0 saturated carbocycles. The molecule has 1 saturated heterocycles. The van der Waals surface area contributed by atoms with E-state index in [2.05, 4.69) is 19.9 Å². The van der Waals surface area contributed by atoms with Crippen LogP contribution in [-0.4, -0.2) is 45.5 Å². The van der Waals surface area contributed by atoms with Gasteiger partial charge in [0, 0.05) is 30.9 Å². The van der Waals surface area contributed by atoms with Crippen LogP contribution in [0.3, 0.4) is 0 Å². The predicted octanol–water partition coefficient (Wildman–Crippen LogP) is 2.38. The number of carbonyl (C=O) groups is 1. The Morgan fingerprint density at radius 1 is 1.43 bits per heavy atom. The summed E-state index contributed by atoms with van der Waals surface area (Å²) in [4.78, 5) is 27.3. The average Bonchev–Trinajstić information content (AvgIpc) is 3.05. The van der Waals surface area contributed by atoms with Gasteiger partial charge in [-0.1, -0.05) is 0 Å². The van der Waals surface area contributed by atoms with Gasteiger partial charge in [-0.05, 0) is 32.4 Å². The van der Waals surface area contributed by atoms with E-state index in [4.69, 9.17) is 4.74 Å². The molecule has 7 heteroatoms. The lowest BCUT2D eigenvalue weighted by Crippen LogP contribution is -2.39. The molecule has 0 aliphatic carbocycles. The number of ether oxygens (including phenoxy) is 1. The van der Waals surface area contributed by atoms with Crippen molar-refractivity contribution in [1.29, 1.82) is 0 Å². The maximum Gasteiger partial charge on any atom is 0.310 e. The van der Waals surface area contributed by atoms with E-state index in [1.54, 1.807) is 29.8 Å². The lowest BCUT2D eigenvalue weighted by Gasteiger charge is -2.30. The lowest BCUT2D eigenvalue weighted by molar-refractivity contribution is -0.150. The highest BCUT2D eigenvalue weighted by Crippen LogP contribution is 2.23. The zero-order valence-corrected chi connectivity index (χ0v) is 14.0. The number of likely N-dealkylation sites (tertiary alicyclic amines) is 1. The van der Waals surface area contributed by atoms with Crippen molar-refractivity contribution >= 4 is 17.3 Å². The van der Waals surface area contributed by atoms with E-state index in [9.17, 15) is 4.79 Å². The number of rotatable bonds is 5. The minimum absolute atomic E-state index is 0.0146. The fourth-order valence-corrected chi connectivity index (χ4v) is 3.53. The molecule has 1 aliphatic rings. The minimum Gasteiger partial charge on any atom is -0.466 e. The summed E-state index contributed by atoms with van der Waals surface area (Å²) < 4.78 is 5.15. The van der Waals surface area contributed by atoms with Crippen LogP contribution in [0.5, 0.6) is 0 Å². The van der Waals surface area contributed by atoms with Crippen LogP contribution in [0.15, 0.2) is 23.8 Å². The number of nitrogens with zero attached hydrogens (tertiary/aromatic N) is 4. The van der Waals surface area contributed by atoms with E-state index < -0.39 is 0 Å². The summed E-state index contributed by atoms with van der Waals surface area (Å²) in [6, 6.07) is 1.79. The van der Waals surface area contributed by atoms with E-state index >= 15 is 0 Å². The average molecular weight is 332 g/mol. The van der Waals surface area contributed by atoms with Crippen molar-refractivity contribution in [3.63, 3.8) is 0 Å². The molecule has 1 aliphatic heterocycles. The molecule has 6 nitrogen and oxygen atoms in total. The van der Waals surface area contributed by atoms with E-state index in [1.165, 1.54) is 0 Å². The molecular formula is C16H20N4O2S. The SMILES string of the molecule is CCOC(=O)[C@H]1CCCN(Cc2csc(-c3ncccn3)n2)C1. The summed E-state index contributed by atoms with van der Waals surface area (Å²) in [5.41, 5.74) is 1.00. The van der Waals surface area contributed by atoms with Crippen LogP contribution >= 0.6 is 11.3 Å². The highest BCUT2D eigenvalue weighted by Gasteiger charge is 2.27. The number of hydrogen-bond donors (Lipinski definition) is 0. The second-order valence-electron chi connectivity index (χ2n) is 5.54. The molecule has 0 unspecified atom stereocenters. The Balaban J connectivity index is 1.61. The molecule has 3 rings (SSSR count). The molecule has 1 fully saturated rings. The second-order valence-corrected chi connectivity index (χ2v) is 6.40. The van der Waals surface area contributed by atoms with Gasteiger partial charge in [-0.2, -0.15) is 0 Å².